The van der Waals surface area contributed by atoms with Crippen LogP contribution < -0.4 is 15.2 Å². The van der Waals surface area contributed by atoms with Crippen LogP contribution in [0, 0.1) is 5.82 Å². The van der Waals surface area contributed by atoms with Gasteiger partial charge in [-0.2, -0.15) is 0 Å². The van der Waals surface area contributed by atoms with Gasteiger partial charge in [0.15, 0.2) is 0 Å². The van der Waals surface area contributed by atoms with Gasteiger partial charge in [0, 0.05) is 17.2 Å². The molecule has 20 heavy (non-hydrogen) atoms. The first-order valence-corrected chi connectivity index (χ1v) is 6.36. The zero-order chi connectivity index (χ0) is 14.5. The van der Waals surface area contributed by atoms with Crippen LogP contribution in [0.4, 0.5) is 4.39 Å². The molecule has 0 atom stereocenters. The van der Waals surface area contributed by atoms with E-state index in [9.17, 15) is 4.39 Å². The standard InChI is InChI=1S/C15H14FNO2S/c1-18-14-5-3-2-4-10(14)9-19-11-6-7-12(15(17)20)13(16)8-11/h2-8H,9H2,1H3,(H2,17,20). The lowest BCUT2D eigenvalue weighted by Gasteiger charge is -2.10. The molecule has 0 saturated carbocycles. The van der Waals surface area contributed by atoms with E-state index in [1.54, 1.807) is 13.2 Å². The number of hydrogen-bond donors (Lipinski definition) is 1. The normalized spacial score (nSPS) is 10.1. The van der Waals surface area contributed by atoms with E-state index in [2.05, 4.69) is 0 Å². The molecule has 0 unspecified atom stereocenters. The van der Waals surface area contributed by atoms with Crippen LogP contribution in [0.25, 0.3) is 0 Å². The van der Waals surface area contributed by atoms with Crippen LogP contribution in [-0.4, -0.2) is 12.1 Å². The minimum absolute atomic E-state index is 0.0266. The van der Waals surface area contributed by atoms with Gasteiger partial charge in [-0.25, -0.2) is 4.39 Å². The van der Waals surface area contributed by atoms with Crippen LogP contribution in [0.2, 0.25) is 0 Å². The Morgan fingerprint density at radius 1 is 1.25 bits per heavy atom. The molecule has 3 nitrogen and oxygen atoms in total. The summed E-state index contributed by atoms with van der Waals surface area (Å²) in [7, 11) is 1.59. The second-order valence-electron chi connectivity index (χ2n) is 4.11. The Labute approximate surface area is 122 Å². The van der Waals surface area contributed by atoms with Crippen molar-refractivity contribution in [2.24, 2.45) is 5.73 Å². The first-order chi connectivity index (χ1) is 9.61. The molecule has 0 heterocycles. The summed E-state index contributed by atoms with van der Waals surface area (Å²) in [4.78, 5) is 0.0266. The van der Waals surface area contributed by atoms with E-state index in [0.717, 1.165) is 11.3 Å². The number of halogens is 1. The van der Waals surface area contributed by atoms with Crippen LogP contribution in [-0.2, 0) is 6.61 Å². The summed E-state index contributed by atoms with van der Waals surface area (Å²) in [6.07, 6.45) is 0. The molecule has 0 saturated heterocycles. The summed E-state index contributed by atoms with van der Waals surface area (Å²) in [6, 6.07) is 11.9. The van der Waals surface area contributed by atoms with Gasteiger partial charge in [-0.1, -0.05) is 30.4 Å². The maximum atomic E-state index is 13.7. The highest BCUT2D eigenvalue weighted by Gasteiger charge is 2.08. The van der Waals surface area contributed by atoms with Gasteiger partial charge in [0.1, 0.15) is 28.9 Å². The lowest BCUT2D eigenvalue weighted by molar-refractivity contribution is 0.295. The van der Waals surface area contributed by atoms with E-state index in [1.165, 1.54) is 12.1 Å². The molecule has 2 rings (SSSR count). The number of para-hydroxylation sites is 1. The molecule has 5 heteroatoms. The fourth-order valence-electron chi connectivity index (χ4n) is 1.77. The van der Waals surface area contributed by atoms with E-state index in [4.69, 9.17) is 27.4 Å². The number of nitrogens with two attached hydrogens (primary N) is 1. The van der Waals surface area contributed by atoms with E-state index < -0.39 is 5.82 Å². The van der Waals surface area contributed by atoms with Crippen molar-refractivity contribution < 1.29 is 13.9 Å². The molecule has 2 aromatic rings. The lowest BCUT2D eigenvalue weighted by Crippen LogP contribution is -2.11. The van der Waals surface area contributed by atoms with Gasteiger partial charge in [-0.3, -0.25) is 0 Å². The Balaban J connectivity index is 2.11. The lowest BCUT2D eigenvalue weighted by atomic mass is 10.2. The van der Waals surface area contributed by atoms with Crippen molar-refractivity contribution in [1.29, 1.82) is 0 Å². The van der Waals surface area contributed by atoms with Crippen molar-refractivity contribution in [3.8, 4) is 11.5 Å². The number of hydrogen-bond acceptors (Lipinski definition) is 3. The largest absolute Gasteiger partial charge is 0.496 e. The molecule has 0 aliphatic rings. The van der Waals surface area contributed by atoms with Crippen molar-refractivity contribution in [2.75, 3.05) is 7.11 Å². The van der Waals surface area contributed by atoms with Crippen molar-refractivity contribution in [3.05, 3.63) is 59.4 Å². The molecule has 0 aliphatic carbocycles. The number of thiocarbonyl (C=S) groups is 1. The SMILES string of the molecule is COc1ccccc1COc1ccc(C(N)=S)c(F)c1. The highest BCUT2D eigenvalue weighted by atomic mass is 32.1. The van der Waals surface area contributed by atoms with E-state index in [-0.39, 0.29) is 17.2 Å². The zero-order valence-electron chi connectivity index (χ0n) is 10.9. The smallest absolute Gasteiger partial charge is 0.137 e. The number of ether oxygens (including phenoxy) is 2. The predicted molar refractivity (Wildman–Crippen MR) is 79.6 cm³/mol. The highest BCUT2D eigenvalue weighted by Crippen LogP contribution is 2.21. The van der Waals surface area contributed by atoms with Gasteiger partial charge in [0.25, 0.3) is 0 Å². The van der Waals surface area contributed by atoms with Crippen molar-refractivity contribution in [2.45, 2.75) is 6.61 Å². The van der Waals surface area contributed by atoms with Crippen molar-refractivity contribution >= 4 is 17.2 Å². The summed E-state index contributed by atoms with van der Waals surface area (Å²) >= 11 is 4.75. The Kier molecular flexibility index (Phi) is 4.53. The second-order valence-corrected chi connectivity index (χ2v) is 4.55. The summed E-state index contributed by atoms with van der Waals surface area (Å²) in [5.74, 6) is 0.649. The third kappa shape index (κ3) is 3.24. The molecule has 104 valence electrons. The molecule has 2 aromatic carbocycles. The molecule has 2 N–H and O–H groups in total. The van der Waals surface area contributed by atoms with Crippen LogP contribution >= 0.6 is 12.2 Å². The third-order valence-electron chi connectivity index (χ3n) is 2.79. The fraction of sp³-hybridized carbons (Fsp3) is 0.133. The number of rotatable bonds is 5. The van der Waals surface area contributed by atoms with Gasteiger partial charge >= 0.3 is 0 Å². The summed E-state index contributed by atoms with van der Waals surface area (Å²) < 4.78 is 24.5. The quantitative estimate of drug-likeness (QED) is 0.860. The van der Waals surface area contributed by atoms with Gasteiger partial charge in [0.2, 0.25) is 0 Å². The average Bonchev–Trinajstić information content (AvgIpc) is 2.45. The number of methoxy groups -OCH3 is 1. The fourth-order valence-corrected chi connectivity index (χ4v) is 1.93. The molecule has 0 aromatic heterocycles. The molecule has 0 radical (unpaired) electrons. The molecule has 0 amide bonds. The van der Waals surface area contributed by atoms with Gasteiger partial charge in [0.05, 0.1) is 7.11 Å². The second kappa shape index (κ2) is 6.34. The summed E-state index contributed by atoms with van der Waals surface area (Å²) in [6.45, 7) is 0.288. The van der Waals surface area contributed by atoms with E-state index >= 15 is 0 Å². The molecule has 0 fully saturated rings. The van der Waals surface area contributed by atoms with Gasteiger partial charge in [-0.05, 0) is 18.2 Å². The zero-order valence-corrected chi connectivity index (χ0v) is 11.7. The first-order valence-electron chi connectivity index (χ1n) is 5.96. The van der Waals surface area contributed by atoms with Crippen LogP contribution in [0.5, 0.6) is 11.5 Å². The Morgan fingerprint density at radius 2 is 2.00 bits per heavy atom. The first kappa shape index (κ1) is 14.3. The van der Waals surface area contributed by atoms with Crippen LogP contribution in [0.3, 0.4) is 0 Å². The molecule has 0 bridgehead atoms. The third-order valence-corrected chi connectivity index (χ3v) is 3.01. The van der Waals surface area contributed by atoms with Crippen LogP contribution in [0.15, 0.2) is 42.5 Å². The number of benzene rings is 2. The average molecular weight is 291 g/mol. The maximum Gasteiger partial charge on any atom is 0.137 e. The van der Waals surface area contributed by atoms with E-state index in [1.807, 2.05) is 24.3 Å². The monoisotopic (exact) mass is 291 g/mol. The molecule has 0 spiro atoms. The minimum atomic E-state index is -0.491. The van der Waals surface area contributed by atoms with Gasteiger partial charge in [-0.15, -0.1) is 0 Å². The van der Waals surface area contributed by atoms with E-state index in [0.29, 0.717) is 5.75 Å². The summed E-state index contributed by atoms with van der Waals surface area (Å²) in [5, 5.41) is 0. The van der Waals surface area contributed by atoms with Crippen molar-refractivity contribution in [1.82, 2.24) is 0 Å². The Morgan fingerprint density at radius 3 is 2.65 bits per heavy atom. The minimum Gasteiger partial charge on any atom is -0.496 e. The molecule has 0 aliphatic heterocycles. The summed E-state index contributed by atoms with van der Waals surface area (Å²) in [5.41, 5.74) is 6.50. The maximum absolute atomic E-state index is 13.7. The topological polar surface area (TPSA) is 44.5 Å². The molecular weight excluding hydrogens is 277 g/mol. The van der Waals surface area contributed by atoms with Gasteiger partial charge < -0.3 is 15.2 Å². The Hall–Kier alpha value is -2.14. The van der Waals surface area contributed by atoms with Crippen molar-refractivity contribution in [3.63, 3.8) is 0 Å². The predicted octanol–water partition coefficient (Wildman–Crippen LogP) is 3.05. The molecular formula is C15H14FNO2S. The highest BCUT2D eigenvalue weighted by molar-refractivity contribution is 7.80. The Bertz CT molecular complexity index is 631. The van der Waals surface area contributed by atoms with Crippen LogP contribution in [0.1, 0.15) is 11.1 Å².